The number of imidazole rings is 1. The number of urea groups is 1. The number of benzene rings is 1. The maximum Gasteiger partial charge on any atom is 0.315 e. The van der Waals surface area contributed by atoms with Crippen LogP contribution < -0.4 is 10.6 Å². The van der Waals surface area contributed by atoms with Crippen molar-refractivity contribution in [2.24, 2.45) is 0 Å². The van der Waals surface area contributed by atoms with Gasteiger partial charge in [-0.05, 0) is 24.5 Å². The molecule has 0 aliphatic heterocycles. The van der Waals surface area contributed by atoms with Gasteiger partial charge in [0, 0.05) is 45.2 Å². The van der Waals surface area contributed by atoms with Crippen molar-refractivity contribution < 1.29 is 9.53 Å². The molecule has 2 amide bonds. The molecule has 2 aromatic rings. The molecule has 0 aliphatic rings. The molecule has 0 radical (unpaired) electrons. The summed E-state index contributed by atoms with van der Waals surface area (Å²) in [7, 11) is 0. The number of ether oxygens (including phenoxy) is 1. The number of rotatable bonds is 9. The van der Waals surface area contributed by atoms with Crippen LogP contribution in [0.2, 0.25) is 0 Å². The van der Waals surface area contributed by atoms with Crippen LogP contribution in [0.25, 0.3) is 0 Å². The van der Waals surface area contributed by atoms with E-state index in [2.05, 4.69) is 27.8 Å². The first-order valence-corrected chi connectivity index (χ1v) is 7.91. The van der Waals surface area contributed by atoms with Gasteiger partial charge in [-0.15, -0.1) is 0 Å². The smallest absolute Gasteiger partial charge is 0.315 e. The lowest BCUT2D eigenvalue weighted by Crippen LogP contribution is -2.35. The molecule has 23 heavy (non-hydrogen) atoms. The Bertz CT molecular complexity index is 567. The number of carbonyl (C=O) groups is 1. The molecule has 0 atom stereocenters. The summed E-state index contributed by atoms with van der Waals surface area (Å²) >= 11 is 0. The zero-order chi connectivity index (χ0) is 16.3. The van der Waals surface area contributed by atoms with Crippen molar-refractivity contribution in [1.82, 2.24) is 20.2 Å². The normalized spacial score (nSPS) is 10.5. The molecule has 2 rings (SSSR count). The first-order chi connectivity index (χ1) is 11.3. The summed E-state index contributed by atoms with van der Waals surface area (Å²) in [5.41, 5.74) is 2.27. The monoisotopic (exact) mass is 316 g/mol. The molecule has 0 saturated carbocycles. The van der Waals surface area contributed by atoms with E-state index in [0.717, 1.165) is 18.5 Å². The summed E-state index contributed by atoms with van der Waals surface area (Å²) in [6, 6.07) is 8.04. The van der Waals surface area contributed by atoms with Crippen LogP contribution in [-0.2, 0) is 17.8 Å². The van der Waals surface area contributed by atoms with Gasteiger partial charge in [0.05, 0.1) is 6.33 Å². The zero-order valence-corrected chi connectivity index (χ0v) is 13.5. The van der Waals surface area contributed by atoms with Gasteiger partial charge in [0.2, 0.25) is 0 Å². The highest BCUT2D eigenvalue weighted by Gasteiger charge is 2.01. The van der Waals surface area contributed by atoms with Gasteiger partial charge in [-0.25, -0.2) is 9.78 Å². The fraction of sp³-hybridized carbons (Fsp3) is 0.412. The molecular formula is C17H24N4O2. The standard InChI is InChI=1S/C17H24N4O2/c1-2-23-11-3-8-19-17(22)20-12-15-4-6-16(7-5-15)13-21-10-9-18-14-21/h4-7,9-10,14H,2-3,8,11-13H2,1H3,(H2,19,20,22). The Morgan fingerprint density at radius 3 is 2.70 bits per heavy atom. The van der Waals surface area contributed by atoms with Crippen molar-refractivity contribution in [3.8, 4) is 0 Å². The van der Waals surface area contributed by atoms with E-state index in [9.17, 15) is 4.79 Å². The van der Waals surface area contributed by atoms with Crippen molar-refractivity contribution in [1.29, 1.82) is 0 Å². The van der Waals surface area contributed by atoms with Crippen LogP contribution in [0.1, 0.15) is 24.5 Å². The Balaban J connectivity index is 1.66. The molecular weight excluding hydrogens is 292 g/mol. The van der Waals surface area contributed by atoms with Crippen molar-refractivity contribution >= 4 is 6.03 Å². The third-order valence-electron chi connectivity index (χ3n) is 3.36. The largest absolute Gasteiger partial charge is 0.382 e. The molecule has 1 heterocycles. The quantitative estimate of drug-likeness (QED) is 0.697. The topological polar surface area (TPSA) is 68.2 Å². The van der Waals surface area contributed by atoms with E-state index < -0.39 is 0 Å². The van der Waals surface area contributed by atoms with E-state index in [1.807, 2.05) is 29.8 Å². The highest BCUT2D eigenvalue weighted by atomic mass is 16.5. The van der Waals surface area contributed by atoms with Gasteiger partial charge in [0.15, 0.2) is 0 Å². The lowest BCUT2D eigenvalue weighted by atomic mass is 10.1. The fourth-order valence-electron chi connectivity index (χ4n) is 2.12. The fourth-order valence-corrected chi connectivity index (χ4v) is 2.12. The Hall–Kier alpha value is -2.34. The number of amides is 2. The van der Waals surface area contributed by atoms with E-state index >= 15 is 0 Å². The SMILES string of the molecule is CCOCCCNC(=O)NCc1ccc(Cn2ccnc2)cc1. The zero-order valence-electron chi connectivity index (χ0n) is 13.5. The van der Waals surface area contributed by atoms with Crippen LogP contribution in [0.3, 0.4) is 0 Å². The molecule has 0 unspecified atom stereocenters. The predicted octanol–water partition coefficient (Wildman–Crippen LogP) is 2.16. The summed E-state index contributed by atoms with van der Waals surface area (Å²) in [5.74, 6) is 0. The second kappa shape index (κ2) is 9.63. The first-order valence-electron chi connectivity index (χ1n) is 7.91. The lowest BCUT2D eigenvalue weighted by molar-refractivity contribution is 0.145. The number of carbonyl (C=O) groups excluding carboxylic acids is 1. The van der Waals surface area contributed by atoms with Gasteiger partial charge in [0.1, 0.15) is 0 Å². The second-order valence-corrected chi connectivity index (χ2v) is 5.21. The van der Waals surface area contributed by atoms with Gasteiger partial charge in [-0.3, -0.25) is 0 Å². The number of nitrogens with zero attached hydrogens (tertiary/aromatic N) is 2. The summed E-state index contributed by atoms with van der Waals surface area (Å²) in [6.07, 6.45) is 6.33. The Labute approximate surface area is 136 Å². The van der Waals surface area contributed by atoms with E-state index in [1.165, 1.54) is 5.56 Å². The first kappa shape index (κ1) is 17.0. The molecule has 0 aliphatic carbocycles. The Morgan fingerprint density at radius 1 is 1.22 bits per heavy atom. The molecule has 0 spiro atoms. The molecule has 0 saturated heterocycles. The molecule has 0 bridgehead atoms. The Kier molecular flexibility index (Phi) is 7.13. The average molecular weight is 316 g/mol. The molecule has 6 heteroatoms. The minimum atomic E-state index is -0.149. The minimum absolute atomic E-state index is 0.149. The van der Waals surface area contributed by atoms with Crippen molar-refractivity contribution in [2.45, 2.75) is 26.4 Å². The number of nitrogens with one attached hydrogen (secondary N) is 2. The van der Waals surface area contributed by atoms with Gasteiger partial charge in [0.25, 0.3) is 0 Å². The van der Waals surface area contributed by atoms with Crippen LogP contribution in [-0.4, -0.2) is 35.3 Å². The van der Waals surface area contributed by atoms with E-state index in [1.54, 1.807) is 12.5 Å². The third-order valence-corrected chi connectivity index (χ3v) is 3.36. The number of aromatic nitrogens is 2. The molecule has 6 nitrogen and oxygen atoms in total. The highest BCUT2D eigenvalue weighted by molar-refractivity contribution is 5.73. The predicted molar refractivity (Wildman–Crippen MR) is 89.1 cm³/mol. The highest BCUT2D eigenvalue weighted by Crippen LogP contribution is 2.06. The van der Waals surface area contributed by atoms with Gasteiger partial charge < -0.3 is 19.9 Å². The summed E-state index contributed by atoms with van der Waals surface area (Å²) in [6.45, 7) is 5.28. The maximum absolute atomic E-state index is 11.7. The average Bonchev–Trinajstić information content (AvgIpc) is 3.07. The second-order valence-electron chi connectivity index (χ2n) is 5.21. The van der Waals surface area contributed by atoms with Crippen molar-refractivity contribution in [2.75, 3.05) is 19.8 Å². The molecule has 1 aromatic heterocycles. The maximum atomic E-state index is 11.7. The summed E-state index contributed by atoms with van der Waals surface area (Å²) in [4.78, 5) is 15.7. The lowest BCUT2D eigenvalue weighted by Gasteiger charge is -2.08. The van der Waals surface area contributed by atoms with E-state index in [4.69, 9.17) is 4.74 Å². The summed E-state index contributed by atoms with van der Waals surface area (Å²) in [5, 5.41) is 5.66. The molecule has 124 valence electrons. The van der Waals surface area contributed by atoms with Crippen LogP contribution in [0, 0.1) is 0 Å². The van der Waals surface area contributed by atoms with Gasteiger partial charge >= 0.3 is 6.03 Å². The van der Waals surface area contributed by atoms with Gasteiger partial charge in [-0.2, -0.15) is 0 Å². The molecule has 0 fully saturated rings. The van der Waals surface area contributed by atoms with Crippen molar-refractivity contribution in [3.63, 3.8) is 0 Å². The molecule has 1 aromatic carbocycles. The summed E-state index contributed by atoms with van der Waals surface area (Å²) < 4.78 is 7.23. The van der Waals surface area contributed by atoms with E-state index in [-0.39, 0.29) is 6.03 Å². The van der Waals surface area contributed by atoms with Crippen molar-refractivity contribution in [3.05, 3.63) is 54.1 Å². The van der Waals surface area contributed by atoms with Crippen LogP contribution in [0.15, 0.2) is 43.0 Å². The van der Waals surface area contributed by atoms with E-state index in [0.29, 0.717) is 26.3 Å². The van der Waals surface area contributed by atoms with Crippen LogP contribution in [0.5, 0.6) is 0 Å². The third kappa shape index (κ3) is 6.52. The molecule has 2 N–H and O–H groups in total. The minimum Gasteiger partial charge on any atom is -0.382 e. The van der Waals surface area contributed by atoms with Crippen LogP contribution >= 0.6 is 0 Å². The van der Waals surface area contributed by atoms with Crippen LogP contribution in [0.4, 0.5) is 4.79 Å². The number of hydrogen-bond acceptors (Lipinski definition) is 3. The number of hydrogen-bond donors (Lipinski definition) is 2. The Morgan fingerprint density at radius 2 is 2.00 bits per heavy atom. The van der Waals surface area contributed by atoms with Gasteiger partial charge in [-0.1, -0.05) is 24.3 Å².